The molecule has 0 aliphatic rings. The van der Waals surface area contributed by atoms with Crippen molar-refractivity contribution in [3.63, 3.8) is 0 Å². The fraction of sp³-hybridized carbons (Fsp3) is 0.176. The summed E-state index contributed by atoms with van der Waals surface area (Å²) in [5.74, 6) is 0.0252. The third kappa shape index (κ3) is 5.27. The molecular formula is C17H16Cl2N2O4. The summed E-state index contributed by atoms with van der Waals surface area (Å²) in [6.07, 6.45) is -0.374. The maximum atomic E-state index is 12.1. The number of hydrogen-bond donors (Lipinski definition) is 2. The molecule has 2 amide bonds. The molecular weight excluding hydrogens is 367 g/mol. The number of amides is 2. The molecule has 132 valence electrons. The summed E-state index contributed by atoms with van der Waals surface area (Å²) in [6.45, 7) is 0. The van der Waals surface area contributed by atoms with E-state index < -0.39 is 11.8 Å². The molecule has 25 heavy (non-hydrogen) atoms. The largest absolute Gasteiger partial charge is 0.497 e. The Bertz CT molecular complexity index is 796. The van der Waals surface area contributed by atoms with Crippen LogP contribution >= 0.6 is 23.2 Å². The van der Waals surface area contributed by atoms with E-state index in [9.17, 15) is 9.59 Å². The Kier molecular flexibility index (Phi) is 6.50. The summed E-state index contributed by atoms with van der Waals surface area (Å²) in [5, 5.41) is 5.89. The van der Waals surface area contributed by atoms with E-state index in [0.29, 0.717) is 32.9 Å². The molecule has 0 radical (unpaired) electrons. The molecule has 0 saturated carbocycles. The highest BCUT2D eigenvalue weighted by Gasteiger charge is 2.13. The van der Waals surface area contributed by atoms with Crippen LogP contribution in [-0.4, -0.2) is 26.0 Å². The van der Waals surface area contributed by atoms with E-state index in [1.54, 1.807) is 30.3 Å². The lowest BCUT2D eigenvalue weighted by atomic mass is 10.2. The van der Waals surface area contributed by atoms with Crippen LogP contribution in [0.15, 0.2) is 36.4 Å². The maximum absolute atomic E-state index is 12.1. The number of carbonyl (C=O) groups is 2. The molecule has 2 rings (SSSR count). The van der Waals surface area contributed by atoms with Crippen LogP contribution < -0.4 is 20.1 Å². The van der Waals surface area contributed by atoms with Crippen LogP contribution in [0.4, 0.5) is 11.4 Å². The van der Waals surface area contributed by atoms with Gasteiger partial charge in [0, 0.05) is 11.8 Å². The second kappa shape index (κ2) is 8.60. The number of rotatable bonds is 6. The van der Waals surface area contributed by atoms with E-state index in [-0.39, 0.29) is 6.42 Å². The topological polar surface area (TPSA) is 76.7 Å². The van der Waals surface area contributed by atoms with Gasteiger partial charge in [0.25, 0.3) is 0 Å². The second-order valence-electron chi connectivity index (χ2n) is 4.97. The smallest absolute Gasteiger partial charge is 0.233 e. The summed E-state index contributed by atoms with van der Waals surface area (Å²) in [5.41, 5.74) is 0.861. The Hall–Kier alpha value is -2.44. The SMILES string of the molecule is COc1ccc(OC)c(NC(=O)CC(=O)Nc2ccc(Cl)c(Cl)c2)c1. The lowest BCUT2D eigenvalue weighted by Gasteiger charge is -2.12. The van der Waals surface area contributed by atoms with Gasteiger partial charge in [0.05, 0.1) is 30.0 Å². The first-order chi connectivity index (χ1) is 11.9. The van der Waals surface area contributed by atoms with E-state index in [4.69, 9.17) is 32.7 Å². The minimum absolute atomic E-state index is 0.310. The van der Waals surface area contributed by atoms with Gasteiger partial charge in [-0.2, -0.15) is 0 Å². The minimum atomic E-state index is -0.496. The van der Waals surface area contributed by atoms with Crippen LogP contribution in [0.5, 0.6) is 11.5 Å². The van der Waals surface area contributed by atoms with Gasteiger partial charge in [0.1, 0.15) is 17.9 Å². The van der Waals surface area contributed by atoms with Crippen LogP contribution in [0.2, 0.25) is 10.0 Å². The molecule has 0 bridgehead atoms. The molecule has 0 atom stereocenters. The van der Waals surface area contributed by atoms with Gasteiger partial charge < -0.3 is 20.1 Å². The number of hydrogen-bond acceptors (Lipinski definition) is 4. The van der Waals surface area contributed by atoms with Gasteiger partial charge in [-0.25, -0.2) is 0 Å². The number of anilines is 2. The zero-order valence-corrected chi connectivity index (χ0v) is 15.1. The highest BCUT2D eigenvalue weighted by atomic mass is 35.5. The van der Waals surface area contributed by atoms with E-state index in [0.717, 1.165) is 0 Å². The normalized spacial score (nSPS) is 10.1. The van der Waals surface area contributed by atoms with E-state index >= 15 is 0 Å². The Balaban J connectivity index is 1.99. The van der Waals surface area contributed by atoms with Crippen LogP contribution in [0.1, 0.15) is 6.42 Å². The van der Waals surface area contributed by atoms with Crippen molar-refractivity contribution in [1.29, 1.82) is 0 Å². The summed E-state index contributed by atoms with van der Waals surface area (Å²) in [7, 11) is 2.99. The van der Waals surface area contributed by atoms with Gasteiger partial charge in [-0.15, -0.1) is 0 Å². The molecule has 0 aromatic heterocycles. The number of halogens is 2. The van der Waals surface area contributed by atoms with Gasteiger partial charge >= 0.3 is 0 Å². The van der Waals surface area contributed by atoms with E-state index in [1.807, 2.05) is 0 Å². The minimum Gasteiger partial charge on any atom is -0.497 e. The molecule has 8 heteroatoms. The zero-order valence-electron chi connectivity index (χ0n) is 13.6. The molecule has 0 aliphatic heterocycles. The van der Waals surface area contributed by atoms with Gasteiger partial charge in [-0.3, -0.25) is 9.59 Å². The molecule has 0 aliphatic carbocycles. The van der Waals surface area contributed by atoms with E-state index in [2.05, 4.69) is 10.6 Å². The van der Waals surface area contributed by atoms with Crippen molar-refractivity contribution in [1.82, 2.24) is 0 Å². The van der Waals surface area contributed by atoms with Crippen molar-refractivity contribution in [2.24, 2.45) is 0 Å². The predicted molar refractivity (Wildman–Crippen MR) is 97.9 cm³/mol. The van der Waals surface area contributed by atoms with Crippen molar-refractivity contribution in [3.05, 3.63) is 46.4 Å². The fourth-order valence-corrected chi connectivity index (χ4v) is 2.33. The fourth-order valence-electron chi connectivity index (χ4n) is 2.03. The number of benzene rings is 2. The van der Waals surface area contributed by atoms with Crippen LogP contribution in [0.25, 0.3) is 0 Å². The molecule has 2 N–H and O–H groups in total. The summed E-state index contributed by atoms with van der Waals surface area (Å²) >= 11 is 11.7. The van der Waals surface area contributed by atoms with Crippen molar-refractivity contribution in [3.8, 4) is 11.5 Å². The third-order valence-corrected chi connectivity index (χ3v) is 3.94. The highest BCUT2D eigenvalue weighted by Crippen LogP contribution is 2.29. The van der Waals surface area contributed by atoms with Gasteiger partial charge in [0.2, 0.25) is 11.8 Å². The number of methoxy groups -OCH3 is 2. The van der Waals surface area contributed by atoms with Gasteiger partial charge in [0.15, 0.2) is 0 Å². The van der Waals surface area contributed by atoms with Crippen LogP contribution in [0, 0.1) is 0 Å². The third-order valence-electron chi connectivity index (χ3n) is 3.21. The Morgan fingerprint density at radius 2 is 1.64 bits per heavy atom. The van der Waals surface area contributed by atoms with Crippen LogP contribution in [0.3, 0.4) is 0 Å². The van der Waals surface area contributed by atoms with Gasteiger partial charge in [-0.1, -0.05) is 23.2 Å². The monoisotopic (exact) mass is 382 g/mol. The van der Waals surface area contributed by atoms with E-state index in [1.165, 1.54) is 20.3 Å². The molecule has 6 nitrogen and oxygen atoms in total. The number of carbonyl (C=O) groups excluding carboxylic acids is 2. The average Bonchev–Trinajstić information content (AvgIpc) is 2.57. The molecule has 0 unspecified atom stereocenters. The molecule has 0 saturated heterocycles. The Morgan fingerprint density at radius 1 is 0.920 bits per heavy atom. The summed E-state index contributed by atoms with van der Waals surface area (Å²) < 4.78 is 10.3. The standard InChI is InChI=1S/C17H16Cl2N2O4/c1-24-11-4-6-15(25-2)14(8-11)21-17(23)9-16(22)20-10-3-5-12(18)13(19)7-10/h3-8H,9H2,1-2H3,(H,20,22)(H,21,23). The molecule has 0 heterocycles. The lowest BCUT2D eigenvalue weighted by Crippen LogP contribution is -2.21. The molecule has 0 fully saturated rings. The summed E-state index contributed by atoms with van der Waals surface area (Å²) in [6, 6.07) is 9.61. The second-order valence-corrected chi connectivity index (χ2v) is 5.78. The quantitative estimate of drug-likeness (QED) is 0.740. The maximum Gasteiger partial charge on any atom is 0.233 e. The Labute approximate surface area is 155 Å². The molecule has 2 aromatic rings. The number of ether oxygens (including phenoxy) is 2. The molecule has 2 aromatic carbocycles. The Morgan fingerprint density at radius 3 is 2.28 bits per heavy atom. The first-order valence-electron chi connectivity index (χ1n) is 7.19. The van der Waals surface area contributed by atoms with Crippen molar-refractivity contribution >= 4 is 46.4 Å². The average molecular weight is 383 g/mol. The highest BCUT2D eigenvalue weighted by molar-refractivity contribution is 6.42. The van der Waals surface area contributed by atoms with Crippen molar-refractivity contribution in [2.75, 3.05) is 24.9 Å². The van der Waals surface area contributed by atoms with Crippen molar-refractivity contribution in [2.45, 2.75) is 6.42 Å². The van der Waals surface area contributed by atoms with Gasteiger partial charge in [-0.05, 0) is 30.3 Å². The summed E-state index contributed by atoms with van der Waals surface area (Å²) in [4.78, 5) is 24.1. The van der Waals surface area contributed by atoms with Crippen molar-refractivity contribution < 1.29 is 19.1 Å². The predicted octanol–water partition coefficient (Wildman–Crippen LogP) is 3.98. The number of nitrogens with one attached hydrogen (secondary N) is 2. The van der Waals surface area contributed by atoms with Crippen LogP contribution in [-0.2, 0) is 9.59 Å². The first-order valence-corrected chi connectivity index (χ1v) is 7.95. The first kappa shape index (κ1) is 18.9. The zero-order chi connectivity index (χ0) is 18.4. The lowest BCUT2D eigenvalue weighted by molar-refractivity contribution is -0.123. The molecule has 0 spiro atoms.